The van der Waals surface area contributed by atoms with E-state index in [1.807, 2.05) is 0 Å². The number of hydrogen-bond donors (Lipinski definition) is 0. The fourth-order valence-corrected chi connectivity index (χ4v) is 0. The zero-order chi connectivity index (χ0) is 3.58. The number of nitrogens with zero attached hydrogens (tertiary/aromatic N) is 1. The Morgan fingerprint density at radius 2 is 1.50 bits per heavy atom. The third-order valence-electron chi connectivity index (χ3n) is 0. The van der Waals surface area contributed by atoms with Gasteiger partial charge in [0.15, 0.2) is 0 Å². The van der Waals surface area contributed by atoms with Crippen LogP contribution in [0.1, 0.15) is 0 Å². The average Bonchev–Trinajstić information content (AvgIpc) is 0.811. The molecule has 0 saturated heterocycles. The standard InChI is InChI=1S/C2H6NS/c1-4(2)3/h1-2H3. The van der Waals surface area contributed by atoms with Crippen molar-refractivity contribution in [2.24, 2.45) is 0 Å². The van der Waals surface area contributed by atoms with Crippen LogP contribution >= 0.6 is 0 Å². The predicted molar refractivity (Wildman–Crippen MR) is 21.3 cm³/mol. The molecule has 0 spiro atoms. The third kappa shape index (κ3) is 126. The lowest BCUT2D eigenvalue weighted by Crippen LogP contribution is -1.72. The van der Waals surface area contributed by atoms with E-state index in [4.69, 9.17) is 4.78 Å². The van der Waals surface area contributed by atoms with E-state index in [-0.39, 0.29) is 10.7 Å². The quantitative estimate of drug-likeness (QED) is 0.383. The van der Waals surface area contributed by atoms with E-state index < -0.39 is 0 Å². The van der Waals surface area contributed by atoms with Crippen molar-refractivity contribution in [2.45, 2.75) is 0 Å². The highest BCUT2D eigenvalue weighted by Gasteiger charge is 1.53. The fraction of sp³-hybridized carbons (Fsp3) is 1.00. The van der Waals surface area contributed by atoms with E-state index in [0.29, 0.717) is 0 Å². The Labute approximate surface area is 28.9 Å². The van der Waals surface area contributed by atoms with Crippen LogP contribution in [0, 0.1) is 0 Å². The molecule has 0 saturated carbocycles. The van der Waals surface area contributed by atoms with Crippen molar-refractivity contribution in [2.75, 3.05) is 12.5 Å². The van der Waals surface area contributed by atoms with Crippen LogP contribution in [0.5, 0.6) is 0 Å². The van der Waals surface area contributed by atoms with E-state index in [1.165, 1.54) is 0 Å². The third-order valence-corrected chi connectivity index (χ3v) is 0. The molecule has 0 bridgehead atoms. The Morgan fingerprint density at radius 1 is 1.50 bits per heavy atom. The zero-order valence-electron chi connectivity index (χ0n) is 2.86. The fourth-order valence-electron chi connectivity index (χ4n) is 0. The van der Waals surface area contributed by atoms with Gasteiger partial charge in [-0.25, -0.2) is 0 Å². The van der Waals surface area contributed by atoms with E-state index in [2.05, 4.69) is 0 Å². The van der Waals surface area contributed by atoms with Crippen molar-refractivity contribution in [1.29, 1.82) is 0 Å². The Balaban J connectivity index is 2.80. The monoisotopic (exact) mass is 76.0 g/mol. The van der Waals surface area contributed by atoms with E-state index in [1.54, 1.807) is 12.5 Å². The van der Waals surface area contributed by atoms with E-state index >= 15 is 0 Å². The van der Waals surface area contributed by atoms with Gasteiger partial charge in [0.25, 0.3) is 0 Å². The van der Waals surface area contributed by atoms with E-state index in [9.17, 15) is 0 Å². The summed E-state index contributed by atoms with van der Waals surface area (Å²) in [6.45, 7) is 0. The highest BCUT2D eigenvalue weighted by atomic mass is 32.2. The molecular formula is C2H6NS. The molecule has 0 atom stereocenters. The van der Waals surface area contributed by atoms with Gasteiger partial charge in [-0.3, -0.25) is 0 Å². The summed E-state index contributed by atoms with van der Waals surface area (Å²) >= 11 is 0. The van der Waals surface area contributed by atoms with Gasteiger partial charge in [0, 0.05) is 0 Å². The second-order valence-corrected chi connectivity index (χ2v) is 2.32. The molecule has 0 aromatic carbocycles. The molecule has 0 aliphatic rings. The molecule has 0 aromatic rings. The summed E-state index contributed by atoms with van der Waals surface area (Å²) in [6, 6.07) is 0. The van der Waals surface area contributed by atoms with Crippen LogP contribution in [0.25, 0.3) is 0 Å². The molecule has 0 amide bonds. The van der Waals surface area contributed by atoms with Crippen LogP contribution in [0.4, 0.5) is 0 Å². The minimum absolute atomic E-state index is 0.361. The highest BCUT2D eigenvalue weighted by Crippen LogP contribution is 1.46. The van der Waals surface area contributed by atoms with Gasteiger partial charge in [-0.15, -0.1) is 4.78 Å². The maximum Gasteiger partial charge on any atom is -0.00564 e. The molecular weight excluding hydrogens is 70.1 g/mol. The van der Waals surface area contributed by atoms with Crippen molar-refractivity contribution >= 4 is 10.7 Å². The molecule has 0 N–H and O–H groups in total. The molecule has 0 aromatic heterocycles. The second-order valence-electron chi connectivity index (χ2n) is 0.773. The minimum Gasteiger partial charge on any atom is -0.122 e. The van der Waals surface area contributed by atoms with Gasteiger partial charge in [-0.1, -0.05) is 10.7 Å². The minimum atomic E-state index is -0.361. The second kappa shape index (κ2) is 1.47. The molecule has 0 unspecified atom stereocenters. The first kappa shape index (κ1) is 4.15. The van der Waals surface area contributed by atoms with Gasteiger partial charge in [0.05, 0.1) is 0 Å². The maximum atomic E-state index is 8.08. The molecule has 25 valence electrons. The number of hydrogen-bond acceptors (Lipinski definition) is 0. The Hall–Kier alpha value is 0.150. The highest BCUT2D eigenvalue weighted by molar-refractivity contribution is 7.85. The first-order valence-corrected chi connectivity index (χ1v) is 3.00. The van der Waals surface area contributed by atoms with Crippen molar-refractivity contribution < 1.29 is 0 Å². The van der Waals surface area contributed by atoms with Crippen LogP contribution in [0.15, 0.2) is 0 Å². The molecule has 0 fully saturated rings. The van der Waals surface area contributed by atoms with Crippen LogP contribution in [0.2, 0.25) is 0 Å². The first-order valence-electron chi connectivity index (χ1n) is 0.999. The molecule has 2 heteroatoms. The molecule has 0 rings (SSSR count). The topological polar surface area (TPSA) is 22.3 Å². The summed E-state index contributed by atoms with van der Waals surface area (Å²) in [7, 11) is -0.361. The normalized spacial score (nSPS) is 8.75. The van der Waals surface area contributed by atoms with Crippen LogP contribution in [0.3, 0.4) is 0 Å². The molecule has 1 nitrogen and oxygen atoms in total. The van der Waals surface area contributed by atoms with E-state index in [0.717, 1.165) is 0 Å². The van der Waals surface area contributed by atoms with Gasteiger partial charge >= 0.3 is 0 Å². The summed E-state index contributed by atoms with van der Waals surface area (Å²) < 4.78 is 8.08. The lowest BCUT2D eigenvalue weighted by atomic mass is 11.9. The van der Waals surface area contributed by atoms with Crippen molar-refractivity contribution in [3.63, 3.8) is 0 Å². The smallest absolute Gasteiger partial charge is 0.00564 e. The van der Waals surface area contributed by atoms with Gasteiger partial charge in [-0.05, 0) is 12.5 Å². The Morgan fingerprint density at radius 3 is 1.50 bits per heavy atom. The zero-order valence-corrected chi connectivity index (χ0v) is 3.67. The summed E-state index contributed by atoms with van der Waals surface area (Å²) in [6.07, 6.45) is 3.50. The Kier molecular flexibility index (Phi) is 1.52. The Bertz CT molecular complexity index is 29.0. The van der Waals surface area contributed by atoms with Gasteiger partial charge in [0.2, 0.25) is 0 Å². The van der Waals surface area contributed by atoms with Gasteiger partial charge in [-0.2, -0.15) is 0 Å². The largest absolute Gasteiger partial charge is 0.122 e. The van der Waals surface area contributed by atoms with Gasteiger partial charge in [0.1, 0.15) is 0 Å². The SMILES string of the molecule is CS(C)=[N]. The van der Waals surface area contributed by atoms with Crippen LogP contribution in [-0.4, -0.2) is 12.5 Å². The molecule has 0 aliphatic heterocycles. The van der Waals surface area contributed by atoms with Crippen molar-refractivity contribution in [3.8, 4) is 0 Å². The van der Waals surface area contributed by atoms with Crippen LogP contribution < -0.4 is 4.78 Å². The molecule has 0 aliphatic carbocycles. The molecule has 1 radical (unpaired) electrons. The molecule has 4 heavy (non-hydrogen) atoms. The first-order chi connectivity index (χ1) is 1.73. The molecule has 0 heterocycles. The average molecular weight is 76.1 g/mol. The summed E-state index contributed by atoms with van der Waals surface area (Å²) in [5.74, 6) is 0. The maximum absolute atomic E-state index is 8.08. The summed E-state index contributed by atoms with van der Waals surface area (Å²) in [5, 5.41) is 0. The summed E-state index contributed by atoms with van der Waals surface area (Å²) in [5.41, 5.74) is 0. The van der Waals surface area contributed by atoms with Crippen LogP contribution in [-0.2, 0) is 10.7 Å². The van der Waals surface area contributed by atoms with Gasteiger partial charge < -0.3 is 0 Å². The lowest BCUT2D eigenvalue weighted by molar-refractivity contribution is 1.96. The van der Waals surface area contributed by atoms with Crippen molar-refractivity contribution in [3.05, 3.63) is 0 Å². The summed E-state index contributed by atoms with van der Waals surface area (Å²) in [4.78, 5) is 0. The lowest BCUT2D eigenvalue weighted by Gasteiger charge is -1.64. The predicted octanol–water partition coefficient (Wildman–Crippen LogP) is -0.152. The number of rotatable bonds is 0. The van der Waals surface area contributed by atoms with Crippen molar-refractivity contribution in [1.82, 2.24) is 4.78 Å².